The first-order valence-corrected chi connectivity index (χ1v) is 3.75. The second-order valence-electron chi connectivity index (χ2n) is 3.22. The Bertz CT molecular complexity index is 291. The molecule has 4 nitrogen and oxygen atoms in total. The van der Waals surface area contributed by atoms with Crippen LogP contribution in [-0.2, 0) is 4.74 Å². The predicted octanol–water partition coefficient (Wildman–Crippen LogP) is -0.318. The first-order valence-electron chi connectivity index (χ1n) is 3.75. The van der Waals surface area contributed by atoms with E-state index < -0.39 is 17.8 Å². The average molecular weight is 167 g/mol. The lowest BCUT2D eigenvalue weighted by Gasteiger charge is -2.24. The molecule has 4 heteroatoms. The molecule has 0 aromatic rings. The second-order valence-corrected chi connectivity index (χ2v) is 3.22. The Morgan fingerprint density at radius 2 is 2.50 bits per heavy atom. The summed E-state index contributed by atoms with van der Waals surface area (Å²) in [5.41, 5.74) is -0.937. The van der Waals surface area contributed by atoms with Gasteiger partial charge in [-0.2, -0.15) is 0 Å². The molecule has 1 saturated heterocycles. The zero-order valence-electron chi connectivity index (χ0n) is 6.56. The summed E-state index contributed by atoms with van der Waals surface area (Å²) in [4.78, 5) is 3.20. The maximum absolute atomic E-state index is 9.79. The quantitative estimate of drug-likeness (QED) is 0.416. The molecule has 1 heterocycles. The highest BCUT2D eigenvalue weighted by Crippen LogP contribution is 2.47. The first-order chi connectivity index (χ1) is 5.59. The van der Waals surface area contributed by atoms with Crippen molar-refractivity contribution < 1.29 is 14.9 Å². The molecule has 0 aromatic carbocycles. The van der Waals surface area contributed by atoms with Crippen LogP contribution in [0.5, 0.6) is 0 Å². The number of aliphatic hydroxyl groups is 2. The van der Waals surface area contributed by atoms with Gasteiger partial charge in [-0.25, -0.2) is 4.85 Å². The van der Waals surface area contributed by atoms with Gasteiger partial charge < -0.3 is 14.9 Å². The minimum Gasteiger partial charge on any atom is -0.390 e. The lowest BCUT2D eigenvalue weighted by molar-refractivity contribution is -0.0462. The summed E-state index contributed by atoms with van der Waals surface area (Å²) in [6.07, 6.45) is -0.167. The Kier molecular flexibility index (Phi) is 1.34. The van der Waals surface area contributed by atoms with Crippen LogP contribution in [0, 0.1) is 6.57 Å². The Labute approximate surface area is 69.9 Å². The maximum atomic E-state index is 9.79. The molecule has 12 heavy (non-hydrogen) atoms. The molecule has 0 spiro atoms. The van der Waals surface area contributed by atoms with E-state index in [2.05, 4.69) is 4.85 Å². The zero-order chi connectivity index (χ0) is 8.93. The molecule has 2 aliphatic rings. The molecular formula is C8H9NO3. The number of fused-ring (bicyclic) bond motifs is 1. The van der Waals surface area contributed by atoms with Crippen LogP contribution in [0.3, 0.4) is 0 Å². The van der Waals surface area contributed by atoms with Crippen LogP contribution in [0.15, 0.2) is 11.8 Å². The highest BCUT2D eigenvalue weighted by Gasteiger charge is 2.62. The van der Waals surface area contributed by atoms with E-state index in [1.807, 2.05) is 0 Å². The number of hydrogen-bond acceptors (Lipinski definition) is 3. The molecule has 1 aliphatic heterocycles. The second kappa shape index (κ2) is 2.07. The fourth-order valence-electron chi connectivity index (χ4n) is 1.54. The van der Waals surface area contributed by atoms with Crippen LogP contribution < -0.4 is 0 Å². The van der Waals surface area contributed by atoms with Gasteiger partial charge >= 0.3 is 0 Å². The third-order valence-corrected chi connectivity index (χ3v) is 2.42. The number of ether oxygens (including phenoxy) is 1. The van der Waals surface area contributed by atoms with Crippen molar-refractivity contribution >= 4 is 0 Å². The number of aliphatic hydroxyl groups excluding tert-OH is 1. The normalized spacial score (nSPS) is 46.0. The van der Waals surface area contributed by atoms with Gasteiger partial charge in [0, 0.05) is 0 Å². The Morgan fingerprint density at radius 3 is 2.83 bits per heavy atom. The minimum atomic E-state index is -1.34. The molecule has 0 unspecified atom stereocenters. The Balaban J connectivity index is 2.32. The summed E-state index contributed by atoms with van der Waals surface area (Å²) in [6.45, 7) is 8.25. The molecule has 0 amide bonds. The van der Waals surface area contributed by atoms with Crippen molar-refractivity contribution in [2.45, 2.75) is 30.8 Å². The average Bonchev–Trinajstić information content (AvgIpc) is 2.74. The van der Waals surface area contributed by atoms with Crippen molar-refractivity contribution in [3.8, 4) is 0 Å². The molecule has 1 aliphatic carbocycles. The van der Waals surface area contributed by atoms with Gasteiger partial charge in [0.05, 0.1) is 12.7 Å². The molecule has 4 atom stereocenters. The van der Waals surface area contributed by atoms with E-state index in [0.717, 1.165) is 0 Å². The smallest absolute Gasteiger partial charge is 0.195 e. The SMILES string of the molecule is [C-]#[N+]C1=C[C@@](O)([C@H](C)O)[C@@H]2O[C@H]12. The summed E-state index contributed by atoms with van der Waals surface area (Å²) < 4.78 is 5.04. The van der Waals surface area contributed by atoms with Crippen molar-refractivity contribution in [1.82, 2.24) is 0 Å². The molecule has 0 aromatic heterocycles. The third kappa shape index (κ3) is 0.758. The first kappa shape index (κ1) is 7.74. The molecule has 0 bridgehead atoms. The minimum absolute atomic E-state index is 0.276. The summed E-state index contributed by atoms with van der Waals surface area (Å²) >= 11 is 0. The van der Waals surface area contributed by atoms with Crippen molar-refractivity contribution in [1.29, 1.82) is 0 Å². The van der Waals surface area contributed by atoms with Gasteiger partial charge in [-0.05, 0) is 13.0 Å². The highest BCUT2D eigenvalue weighted by atomic mass is 16.6. The van der Waals surface area contributed by atoms with Crippen LogP contribution in [0.2, 0.25) is 0 Å². The van der Waals surface area contributed by atoms with Gasteiger partial charge in [0.2, 0.25) is 0 Å². The van der Waals surface area contributed by atoms with Crippen LogP contribution in [0.4, 0.5) is 0 Å². The number of rotatable bonds is 1. The topological polar surface area (TPSA) is 57.4 Å². The fraction of sp³-hybridized carbons (Fsp3) is 0.625. The highest BCUT2D eigenvalue weighted by molar-refractivity contribution is 5.39. The molecule has 0 saturated carbocycles. The summed E-state index contributed by atoms with van der Waals surface area (Å²) in [7, 11) is 0. The van der Waals surface area contributed by atoms with E-state index in [-0.39, 0.29) is 6.10 Å². The summed E-state index contributed by atoms with van der Waals surface area (Å²) in [5, 5.41) is 19.0. The predicted molar refractivity (Wildman–Crippen MR) is 40.0 cm³/mol. The lowest BCUT2D eigenvalue weighted by atomic mass is 9.97. The number of epoxide rings is 1. The van der Waals surface area contributed by atoms with E-state index in [0.29, 0.717) is 5.70 Å². The number of hydrogen-bond donors (Lipinski definition) is 2. The summed E-state index contributed by atoms with van der Waals surface area (Å²) in [5.74, 6) is 0. The van der Waals surface area contributed by atoms with Crippen LogP contribution in [0.1, 0.15) is 6.92 Å². The van der Waals surface area contributed by atoms with Crippen molar-refractivity contribution in [2.24, 2.45) is 0 Å². The lowest BCUT2D eigenvalue weighted by Crippen LogP contribution is -2.42. The standard InChI is InChI=1S/C8H9NO3/c1-4(10)8(11)3-5(9-2)6-7(8)12-6/h3-4,6-7,10-11H,1H3/t4-,6+,7+,8+/m0/s1. The zero-order valence-corrected chi connectivity index (χ0v) is 6.56. The molecule has 0 radical (unpaired) electrons. The molecule has 2 N–H and O–H groups in total. The molecule has 1 fully saturated rings. The van der Waals surface area contributed by atoms with Gasteiger partial charge in [0.15, 0.2) is 5.70 Å². The van der Waals surface area contributed by atoms with Gasteiger partial charge in [-0.3, -0.25) is 0 Å². The maximum Gasteiger partial charge on any atom is 0.195 e. The monoisotopic (exact) mass is 167 g/mol. The molecular weight excluding hydrogens is 158 g/mol. The Hall–Kier alpha value is -0.890. The van der Waals surface area contributed by atoms with Crippen LogP contribution in [0.25, 0.3) is 4.85 Å². The van der Waals surface area contributed by atoms with Gasteiger partial charge in [0.25, 0.3) is 0 Å². The van der Waals surface area contributed by atoms with Crippen molar-refractivity contribution in [3.05, 3.63) is 23.2 Å². The van der Waals surface area contributed by atoms with E-state index in [4.69, 9.17) is 11.3 Å². The van der Waals surface area contributed by atoms with Gasteiger partial charge in [-0.1, -0.05) is 0 Å². The molecule has 2 rings (SSSR count). The van der Waals surface area contributed by atoms with Crippen LogP contribution in [-0.4, -0.2) is 34.1 Å². The van der Waals surface area contributed by atoms with E-state index >= 15 is 0 Å². The molecule has 64 valence electrons. The van der Waals surface area contributed by atoms with Crippen molar-refractivity contribution in [3.63, 3.8) is 0 Å². The van der Waals surface area contributed by atoms with E-state index in [1.165, 1.54) is 13.0 Å². The largest absolute Gasteiger partial charge is 0.390 e. The van der Waals surface area contributed by atoms with Gasteiger partial charge in [-0.15, -0.1) is 0 Å². The summed E-state index contributed by atoms with van der Waals surface area (Å²) in [6, 6.07) is 0. The van der Waals surface area contributed by atoms with Crippen LogP contribution >= 0.6 is 0 Å². The fourth-order valence-corrected chi connectivity index (χ4v) is 1.54. The van der Waals surface area contributed by atoms with Crippen molar-refractivity contribution in [2.75, 3.05) is 0 Å². The third-order valence-electron chi connectivity index (χ3n) is 2.42. The Morgan fingerprint density at radius 1 is 1.83 bits per heavy atom. The van der Waals surface area contributed by atoms with E-state index in [9.17, 15) is 10.2 Å². The van der Waals surface area contributed by atoms with E-state index in [1.54, 1.807) is 0 Å². The van der Waals surface area contributed by atoms with Gasteiger partial charge in [0.1, 0.15) is 17.8 Å². The number of nitrogens with zero attached hydrogens (tertiary/aromatic N) is 1.